The van der Waals surface area contributed by atoms with E-state index >= 15 is 0 Å². The quantitative estimate of drug-likeness (QED) is 0.356. The molecule has 7 heteroatoms. The summed E-state index contributed by atoms with van der Waals surface area (Å²) in [5, 5.41) is 11.4. The lowest BCUT2D eigenvalue weighted by atomic mass is 9.95. The van der Waals surface area contributed by atoms with Gasteiger partial charge in [-0.2, -0.15) is 0 Å². The summed E-state index contributed by atoms with van der Waals surface area (Å²) in [5.41, 5.74) is 1.35. The molecule has 1 unspecified atom stereocenters. The number of ether oxygens (including phenoxy) is 1. The van der Waals surface area contributed by atoms with Crippen LogP contribution in [0.15, 0.2) is 78.6 Å². The number of ketones is 1. The van der Waals surface area contributed by atoms with Gasteiger partial charge in [0.05, 0.1) is 23.2 Å². The summed E-state index contributed by atoms with van der Waals surface area (Å²) in [6.45, 7) is 2.26. The number of carbonyl (C=O) groups excluding carboxylic acids is 2. The minimum Gasteiger partial charge on any atom is -0.507 e. The number of para-hydroxylation sites is 1. The van der Waals surface area contributed by atoms with E-state index in [0.29, 0.717) is 23.6 Å². The van der Waals surface area contributed by atoms with E-state index in [9.17, 15) is 14.7 Å². The molecule has 1 fully saturated rings. The van der Waals surface area contributed by atoms with Gasteiger partial charge in [0.2, 0.25) is 0 Å². The van der Waals surface area contributed by atoms with Gasteiger partial charge in [0.1, 0.15) is 11.5 Å². The summed E-state index contributed by atoms with van der Waals surface area (Å²) in [4.78, 5) is 31.6. The number of carbonyl (C=O) groups is 2. The van der Waals surface area contributed by atoms with Crippen LogP contribution in [-0.4, -0.2) is 28.4 Å². The molecule has 1 aromatic heterocycles. The maximum Gasteiger partial charge on any atom is 0.300 e. The first-order chi connectivity index (χ1) is 15.0. The van der Waals surface area contributed by atoms with Crippen LogP contribution in [-0.2, 0) is 9.59 Å². The van der Waals surface area contributed by atoms with E-state index in [-0.39, 0.29) is 21.9 Å². The number of hydrogen-bond acceptors (Lipinski definition) is 5. The molecule has 156 valence electrons. The zero-order valence-electron chi connectivity index (χ0n) is 16.7. The molecule has 1 aliphatic rings. The second-order valence-electron chi connectivity index (χ2n) is 6.86. The van der Waals surface area contributed by atoms with E-state index < -0.39 is 17.7 Å². The van der Waals surface area contributed by atoms with Crippen LogP contribution >= 0.6 is 11.6 Å². The second-order valence-corrected chi connectivity index (χ2v) is 7.27. The van der Waals surface area contributed by atoms with Crippen molar-refractivity contribution in [1.29, 1.82) is 0 Å². The number of anilines is 1. The number of pyridine rings is 1. The Balaban J connectivity index is 1.94. The van der Waals surface area contributed by atoms with Crippen LogP contribution in [0.3, 0.4) is 0 Å². The molecule has 2 aromatic carbocycles. The molecule has 0 aliphatic carbocycles. The maximum atomic E-state index is 13.1. The lowest BCUT2D eigenvalue weighted by Gasteiger charge is -2.25. The van der Waals surface area contributed by atoms with Crippen molar-refractivity contribution >= 4 is 34.7 Å². The predicted molar refractivity (Wildman–Crippen MR) is 118 cm³/mol. The summed E-state index contributed by atoms with van der Waals surface area (Å²) in [7, 11) is 0. The van der Waals surface area contributed by atoms with Gasteiger partial charge in [0.15, 0.2) is 0 Å². The SMILES string of the molecule is CCOc1ccc(Cl)c(/C(O)=C2\C(=O)C(=O)N(c3ccccc3)C2c2ccncc2)c1. The number of rotatable bonds is 5. The molecule has 31 heavy (non-hydrogen) atoms. The third-order valence-electron chi connectivity index (χ3n) is 5.00. The van der Waals surface area contributed by atoms with Crippen LogP contribution in [0.2, 0.25) is 5.02 Å². The molecular weight excluding hydrogens is 416 g/mol. The Morgan fingerprint density at radius 1 is 1.10 bits per heavy atom. The first kappa shape index (κ1) is 20.6. The van der Waals surface area contributed by atoms with Crippen molar-refractivity contribution in [3.63, 3.8) is 0 Å². The van der Waals surface area contributed by atoms with Crippen LogP contribution in [0.25, 0.3) is 5.76 Å². The molecule has 2 heterocycles. The number of benzene rings is 2. The normalized spacial score (nSPS) is 17.7. The van der Waals surface area contributed by atoms with Gasteiger partial charge >= 0.3 is 0 Å². The van der Waals surface area contributed by atoms with E-state index in [0.717, 1.165) is 0 Å². The zero-order valence-corrected chi connectivity index (χ0v) is 17.4. The Bertz CT molecular complexity index is 1160. The van der Waals surface area contributed by atoms with Gasteiger partial charge in [-0.15, -0.1) is 0 Å². The molecule has 0 radical (unpaired) electrons. The van der Waals surface area contributed by atoms with Crippen LogP contribution in [0.4, 0.5) is 5.69 Å². The second kappa shape index (κ2) is 8.62. The lowest BCUT2D eigenvalue weighted by Crippen LogP contribution is -2.29. The van der Waals surface area contributed by atoms with Crippen molar-refractivity contribution in [3.05, 3.63) is 94.8 Å². The summed E-state index contributed by atoms with van der Waals surface area (Å²) in [6, 6.07) is 16.2. The number of halogens is 1. The molecule has 6 nitrogen and oxygen atoms in total. The average Bonchev–Trinajstić information content (AvgIpc) is 3.06. The molecule has 1 saturated heterocycles. The number of aliphatic hydroxyl groups is 1. The van der Waals surface area contributed by atoms with Crippen molar-refractivity contribution < 1.29 is 19.4 Å². The number of amides is 1. The molecule has 1 amide bonds. The first-order valence-electron chi connectivity index (χ1n) is 9.71. The fourth-order valence-corrected chi connectivity index (χ4v) is 3.84. The summed E-state index contributed by atoms with van der Waals surface area (Å²) in [5.74, 6) is -1.39. The molecule has 0 saturated carbocycles. The maximum absolute atomic E-state index is 13.1. The number of aliphatic hydroxyl groups excluding tert-OH is 1. The van der Waals surface area contributed by atoms with Gasteiger partial charge < -0.3 is 9.84 Å². The van der Waals surface area contributed by atoms with Crippen molar-refractivity contribution in [1.82, 2.24) is 4.98 Å². The molecule has 4 rings (SSSR count). The first-order valence-corrected chi connectivity index (χ1v) is 10.1. The number of Topliss-reactive ketones (excluding diaryl/α,β-unsaturated/α-hetero) is 1. The third kappa shape index (κ3) is 3.78. The van der Waals surface area contributed by atoms with Gasteiger partial charge in [-0.05, 0) is 55.0 Å². The van der Waals surface area contributed by atoms with Crippen LogP contribution in [0.1, 0.15) is 24.1 Å². The van der Waals surface area contributed by atoms with Gasteiger partial charge in [-0.25, -0.2) is 0 Å². The Morgan fingerprint density at radius 3 is 2.48 bits per heavy atom. The smallest absolute Gasteiger partial charge is 0.300 e. The average molecular weight is 435 g/mol. The Hall–Kier alpha value is -3.64. The van der Waals surface area contributed by atoms with E-state index in [1.165, 1.54) is 4.90 Å². The van der Waals surface area contributed by atoms with Crippen LogP contribution in [0.5, 0.6) is 5.75 Å². The molecule has 0 bridgehead atoms. The van der Waals surface area contributed by atoms with E-state index in [4.69, 9.17) is 16.3 Å². The zero-order chi connectivity index (χ0) is 22.0. The minimum atomic E-state index is -0.836. The predicted octanol–water partition coefficient (Wildman–Crippen LogP) is 4.76. The number of hydrogen-bond donors (Lipinski definition) is 1. The number of aromatic nitrogens is 1. The molecule has 0 spiro atoms. The van der Waals surface area contributed by atoms with Crippen molar-refractivity contribution in [2.24, 2.45) is 0 Å². The summed E-state index contributed by atoms with van der Waals surface area (Å²) >= 11 is 6.33. The van der Waals surface area contributed by atoms with Gasteiger partial charge in [0.25, 0.3) is 11.7 Å². The van der Waals surface area contributed by atoms with Gasteiger partial charge in [-0.1, -0.05) is 29.8 Å². The largest absolute Gasteiger partial charge is 0.507 e. The van der Waals surface area contributed by atoms with E-state index in [1.54, 1.807) is 67.0 Å². The van der Waals surface area contributed by atoms with Crippen LogP contribution < -0.4 is 9.64 Å². The summed E-state index contributed by atoms with van der Waals surface area (Å²) in [6.07, 6.45) is 3.15. The molecule has 3 aromatic rings. The Labute approximate surface area is 184 Å². The van der Waals surface area contributed by atoms with Crippen molar-refractivity contribution in [2.45, 2.75) is 13.0 Å². The van der Waals surface area contributed by atoms with E-state index in [1.807, 2.05) is 13.0 Å². The highest BCUT2D eigenvalue weighted by Gasteiger charge is 2.47. The fourth-order valence-electron chi connectivity index (χ4n) is 3.64. The molecule has 1 atom stereocenters. The molecular formula is C24H19ClN2O4. The third-order valence-corrected chi connectivity index (χ3v) is 5.33. The minimum absolute atomic E-state index is 0.0457. The molecule has 1 N–H and O–H groups in total. The van der Waals surface area contributed by atoms with Crippen molar-refractivity contribution in [2.75, 3.05) is 11.5 Å². The Morgan fingerprint density at radius 2 is 1.81 bits per heavy atom. The lowest BCUT2D eigenvalue weighted by molar-refractivity contribution is -0.132. The standard InChI is InChI=1S/C24H19ClN2O4/c1-2-31-17-8-9-19(25)18(14-17)22(28)20-21(15-10-12-26-13-11-15)27(24(30)23(20)29)16-6-4-3-5-7-16/h3-14,21,28H,2H2,1H3/b22-20+. The highest BCUT2D eigenvalue weighted by atomic mass is 35.5. The van der Waals surface area contributed by atoms with E-state index in [2.05, 4.69) is 4.98 Å². The van der Waals surface area contributed by atoms with Crippen LogP contribution in [0, 0.1) is 0 Å². The van der Waals surface area contributed by atoms with Crippen molar-refractivity contribution in [3.8, 4) is 5.75 Å². The Kier molecular flexibility index (Phi) is 5.73. The monoisotopic (exact) mass is 434 g/mol. The topological polar surface area (TPSA) is 79.7 Å². The summed E-state index contributed by atoms with van der Waals surface area (Å²) < 4.78 is 5.50. The fraction of sp³-hybridized carbons (Fsp3) is 0.125. The van der Waals surface area contributed by atoms with Gasteiger partial charge in [0, 0.05) is 23.6 Å². The highest BCUT2D eigenvalue weighted by molar-refractivity contribution is 6.52. The van der Waals surface area contributed by atoms with Gasteiger partial charge in [-0.3, -0.25) is 19.5 Å². The molecule has 1 aliphatic heterocycles. The highest BCUT2D eigenvalue weighted by Crippen LogP contribution is 2.43. The number of nitrogens with zero attached hydrogens (tertiary/aromatic N) is 2.